The molecule has 1 aromatic heterocycles. The zero-order valence-electron chi connectivity index (χ0n) is 10.7. The molecule has 1 amide bonds. The van der Waals surface area contributed by atoms with E-state index in [-0.39, 0.29) is 30.6 Å². The van der Waals surface area contributed by atoms with Gasteiger partial charge in [0.2, 0.25) is 5.91 Å². The summed E-state index contributed by atoms with van der Waals surface area (Å²) in [5, 5.41) is 0. The number of morpholine rings is 1. The van der Waals surface area contributed by atoms with Gasteiger partial charge in [0.15, 0.2) is 0 Å². The third-order valence-corrected chi connectivity index (χ3v) is 3.97. The van der Waals surface area contributed by atoms with Crippen molar-refractivity contribution in [3.05, 3.63) is 30.6 Å². The average Bonchev–Trinajstić information content (AvgIpc) is 3.12. The predicted molar refractivity (Wildman–Crippen MR) is 69.7 cm³/mol. The summed E-state index contributed by atoms with van der Waals surface area (Å²) in [5.41, 5.74) is 1.79. The van der Waals surface area contributed by atoms with Crippen LogP contribution in [0.4, 0.5) is 0 Å². The lowest BCUT2D eigenvalue weighted by molar-refractivity contribution is -0.157. The highest BCUT2D eigenvalue weighted by Gasteiger charge is 2.48. The molecule has 2 aromatic rings. The number of fused-ring (bicyclic) bond motifs is 3. The molecule has 2 bridgehead atoms. The number of carbonyl (C=O) groups is 2. The highest BCUT2D eigenvalue weighted by atomic mass is 16.6. The van der Waals surface area contributed by atoms with Gasteiger partial charge in [-0.3, -0.25) is 4.79 Å². The predicted octanol–water partition coefficient (Wildman–Crippen LogP) is 0.563. The molecular weight excluding hydrogens is 258 g/mol. The molecule has 0 aliphatic carbocycles. The van der Waals surface area contributed by atoms with Crippen molar-refractivity contribution >= 4 is 22.9 Å². The number of nitrogens with zero attached hydrogens (tertiary/aromatic N) is 3. The SMILES string of the molecule is O=C1O[C@H]2C[C@H]1N(C(=O)Cn1cnc3ccccc31)C2. The highest BCUT2D eigenvalue weighted by molar-refractivity contribution is 5.88. The molecule has 0 saturated carbocycles. The van der Waals surface area contributed by atoms with E-state index in [9.17, 15) is 9.59 Å². The Kier molecular flexibility index (Phi) is 2.33. The second kappa shape index (κ2) is 4.06. The van der Waals surface area contributed by atoms with Crippen LogP contribution >= 0.6 is 0 Å². The van der Waals surface area contributed by atoms with Gasteiger partial charge in [-0.05, 0) is 12.1 Å². The molecule has 3 heterocycles. The fraction of sp³-hybridized carbons (Fsp3) is 0.357. The maximum atomic E-state index is 12.4. The minimum Gasteiger partial charge on any atom is -0.459 e. The molecule has 102 valence electrons. The maximum absolute atomic E-state index is 12.4. The minimum atomic E-state index is -0.387. The van der Waals surface area contributed by atoms with Gasteiger partial charge in [0.25, 0.3) is 0 Å². The van der Waals surface area contributed by atoms with Crippen molar-refractivity contribution in [2.24, 2.45) is 0 Å². The van der Waals surface area contributed by atoms with Crippen molar-refractivity contribution < 1.29 is 14.3 Å². The lowest BCUT2D eigenvalue weighted by Crippen LogP contribution is -2.45. The van der Waals surface area contributed by atoms with Crippen molar-refractivity contribution in [3.8, 4) is 0 Å². The number of rotatable bonds is 2. The number of likely N-dealkylation sites (tertiary alicyclic amines) is 1. The van der Waals surface area contributed by atoms with Gasteiger partial charge in [0.1, 0.15) is 18.7 Å². The van der Waals surface area contributed by atoms with Crippen LogP contribution in [-0.2, 0) is 20.9 Å². The second-order valence-corrected chi connectivity index (χ2v) is 5.22. The molecule has 2 aliphatic rings. The van der Waals surface area contributed by atoms with Gasteiger partial charge in [-0.25, -0.2) is 9.78 Å². The Hall–Kier alpha value is -2.37. The minimum absolute atomic E-state index is 0.0581. The van der Waals surface area contributed by atoms with Crippen LogP contribution in [0.3, 0.4) is 0 Å². The third kappa shape index (κ3) is 1.61. The van der Waals surface area contributed by atoms with Crippen LogP contribution in [0.15, 0.2) is 30.6 Å². The molecule has 2 saturated heterocycles. The van der Waals surface area contributed by atoms with E-state index in [1.807, 2.05) is 28.8 Å². The summed E-state index contributed by atoms with van der Waals surface area (Å²) in [5.74, 6) is -0.331. The van der Waals surface area contributed by atoms with Crippen LogP contribution in [0, 0.1) is 0 Å². The van der Waals surface area contributed by atoms with Gasteiger partial charge in [0.05, 0.1) is 23.9 Å². The van der Waals surface area contributed by atoms with Gasteiger partial charge >= 0.3 is 5.97 Å². The molecule has 6 nitrogen and oxygen atoms in total. The first kappa shape index (κ1) is 11.5. The Bertz CT molecular complexity index is 709. The fourth-order valence-corrected chi connectivity index (χ4v) is 3.00. The Morgan fingerprint density at radius 3 is 3.05 bits per heavy atom. The maximum Gasteiger partial charge on any atom is 0.329 e. The van der Waals surface area contributed by atoms with Gasteiger partial charge in [-0.2, -0.15) is 0 Å². The fourth-order valence-electron chi connectivity index (χ4n) is 3.00. The van der Waals surface area contributed by atoms with Crippen molar-refractivity contribution in [2.75, 3.05) is 6.54 Å². The van der Waals surface area contributed by atoms with Crippen LogP contribution in [0.2, 0.25) is 0 Å². The monoisotopic (exact) mass is 271 g/mol. The van der Waals surface area contributed by atoms with E-state index in [1.54, 1.807) is 11.2 Å². The highest BCUT2D eigenvalue weighted by Crippen LogP contribution is 2.29. The first-order valence-electron chi connectivity index (χ1n) is 6.62. The Balaban J connectivity index is 1.57. The number of hydrogen-bond acceptors (Lipinski definition) is 4. The average molecular weight is 271 g/mol. The Morgan fingerprint density at radius 2 is 2.25 bits per heavy atom. The topological polar surface area (TPSA) is 64.4 Å². The van der Waals surface area contributed by atoms with E-state index >= 15 is 0 Å². The number of hydrogen-bond donors (Lipinski definition) is 0. The first-order valence-corrected chi connectivity index (χ1v) is 6.62. The quantitative estimate of drug-likeness (QED) is 0.749. The molecule has 4 rings (SSSR count). The summed E-state index contributed by atoms with van der Waals surface area (Å²) in [7, 11) is 0. The van der Waals surface area contributed by atoms with Gasteiger partial charge in [-0.1, -0.05) is 12.1 Å². The van der Waals surface area contributed by atoms with Gasteiger partial charge < -0.3 is 14.2 Å². The van der Waals surface area contributed by atoms with Crippen molar-refractivity contribution in [1.29, 1.82) is 0 Å². The number of imidazole rings is 1. The van der Waals surface area contributed by atoms with Crippen LogP contribution in [0.5, 0.6) is 0 Å². The van der Waals surface area contributed by atoms with E-state index < -0.39 is 0 Å². The van der Waals surface area contributed by atoms with Crippen molar-refractivity contribution in [3.63, 3.8) is 0 Å². The summed E-state index contributed by atoms with van der Waals surface area (Å²) in [6.45, 7) is 0.721. The number of benzene rings is 1. The van der Waals surface area contributed by atoms with E-state index in [2.05, 4.69) is 4.98 Å². The number of aromatic nitrogens is 2. The largest absolute Gasteiger partial charge is 0.459 e. The normalized spacial score (nSPS) is 24.4. The molecular formula is C14H13N3O3. The molecule has 6 heteroatoms. The molecule has 2 aliphatic heterocycles. The second-order valence-electron chi connectivity index (χ2n) is 5.22. The molecule has 0 spiro atoms. The Labute approximate surface area is 114 Å². The van der Waals surface area contributed by atoms with E-state index in [0.29, 0.717) is 13.0 Å². The van der Waals surface area contributed by atoms with Crippen molar-refractivity contribution in [1.82, 2.24) is 14.5 Å². The number of amides is 1. The molecule has 1 aromatic carbocycles. The third-order valence-electron chi connectivity index (χ3n) is 3.97. The summed E-state index contributed by atoms with van der Waals surface area (Å²) in [6.07, 6.45) is 2.18. The summed E-state index contributed by atoms with van der Waals surface area (Å²) in [4.78, 5) is 29.8. The van der Waals surface area contributed by atoms with Crippen LogP contribution < -0.4 is 0 Å². The molecule has 2 fully saturated rings. The van der Waals surface area contributed by atoms with Crippen LogP contribution in [0.1, 0.15) is 6.42 Å². The van der Waals surface area contributed by atoms with Gasteiger partial charge in [-0.15, -0.1) is 0 Å². The van der Waals surface area contributed by atoms with E-state index in [4.69, 9.17) is 4.74 Å². The summed E-state index contributed by atoms with van der Waals surface area (Å²) < 4.78 is 6.91. The zero-order chi connectivity index (χ0) is 13.7. The molecule has 0 radical (unpaired) electrons. The molecule has 0 N–H and O–H groups in total. The summed E-state index contributed by atoms with van der Waals surface area (Å²) in [6, 6.07) is 7.28. The molecule has 2 atom stereocenters. The Morgan fingerprint density at radius 1 is 1.40 bits per heavy atom. The number of carbonyl (C=O) groups excluding carboxylic acids is 2. The number of ether oxygens (including phenoxy) is 1. The number of para-hydroxylation sites is 2. The van der Waals surface area contributed by atoms with E-state index in [1.165, 1.54) is 0 Å². The lowest BCUT2D eigenvalue weighted by atomic mass is 10.2. The number of esters is 1. The standard InChI is InChI=1S/C14H13N3O3/c18-13(17-6-9-5-12(17)14(19)20-9)7-16-8-15-10-3-1-2-4-11(10)16/h1-4,8-9,12H,5-7H2/t9-,12+/m0/s1. The smallest absolute Gasteiger partial charge is 0.329 e. The van der Waals surface area contributed by atoms with Gasteiger partial charge in [0, 0.05) is 6.42 Å². The summed E-state index contributed by atoms with van der Waals surface area (Å²) >= 11 is 0. The van der Waals surface area contributed by atoms with Crippen LogP contribution in [-0.4, -0.2) is 45.0 Å². The van der Waals surface area contributed by atoms with E-state index in [0.717, 1.165) is 11.0 Å². The zero-order valence-corrected chi connectivity index (χ0v) is 10.7. The molecule has 20 heavy (non-hydrogen) atoms. The van der Waals surface area contributed by atoms with Crippen molar-refractivity contribution in [2.45, 2.75) is 25.1 Å². The first-order chi connectivity index (χ1) is 9.72. The van der Waals surface area contributed by atoms with Crippen LogP contribution in [0.25, 0.3) is 11.0 Å². The molecule has 0 unspecified atom stereocenters. The lowest BCUT2D eigenvalue weighted by Gasteiger charge is -2.25.